The number of hydrogen-bond donors (Lipinski definition) is 3. The van der Waals surface area contributed by atoms with E-state index in [2.05, 4.69) is 19.4 Å². The lowest BCUT2D eigenvalue weighted by molar-refractivity contribution is 0.0824. The number of anilines is 1. The molecule has 0 fully saturated rings. The van der Waals surface area contributed by atoms with Gasteiger partial charge in [-0.1, -0.05) is 24.3 Å². The number of para-hydroxylation sites is 2. The number of nitrogens with one attached hydrogen (secondary N) is 2. The number of fused-ring (bicyclic) bond motifs is 1. The molecule has 0 radical (unpaired) electrons. The fraction of sp³-hybridized carbons (Fsp3) is 0.150. The van der Waals surface area contributed by atoms with Crippen LogP contribution in [0.4, 0.5) is 5.69 Å². The fourth-order valence-electron chi connectivity index (χ4n) is 2.94. The fourth-order valence-corrected chi connectivity index (χ4v) is 3.58. The lowest BCUT2D eigenvalue weighted by Gasteiger charge is -2.15. The first-order valence-corrected chi connectivity index (χ1v) is 10.1. The van der Waals surface area contributed by atoms with Crippen LogP contribution in [0, 0.1) is 0 Å². The number of carbonyl (C=O) groups is 1. The van der Waals surface area contributed by atoms with E-state index in [1.54, 1.807) is 26.2 Å². The van der Waals surface area contributed by atoms with Gasteiger partial charge in [0, 0.05) is 19.5 Å². The van der Waals surface area contributed by atoms with Gasteiger partial charge in [0.05, 0.1) is 17.8 Å². The predicted octanol–water partition coefficient (Wildman–Crippen LogP) is 2.43. The smallest absolute Gasteiger partial charge is 0.269 e. The number of amidine groups is 2. The zero-order valence-corrected chi connectivity index (χ0v) is 17.1. The highest BCUT2D eigenvalue weighted by molar-refractivity contribution is 7.83. The third-order valence-electron chi connectivity index (χ3n) is 4.40. The molecule has 154 valence electrons. The lowest BCUT2D eigenvalue weighted by Crippen LogP contribution is -2.33. The van der Waals surface area contributed by atoms with Gasteiger partial charge in [0.1, 0.15) is 11.3 Å². The van der Waals surface area contributed by atoms with E-state index in [4.69, 9.17) is 4.42 Å². The quantitative estimate of drug-likeness (QED) is 0.553. The van der Waals surface area contributed by atoms with E-state index in [-0.39, 0.29) is 34.6 Å². The Hall–Kier alpha value is -3.66. The van der Waals surface area contributed by atoms with Crippen molar-refractivity contribution in [1.82, 2.24) is 10.2 Å². The van der Waals surface area contributed by atoms with Gasteiger partial charge in [-0.05, 0) is 24.3 Å². The molecule has 1 aromatic heterocycles. The molecule has 1 amide bonds. The highest BCUT2D eigenvalue weighted by Gasteiger charge is 2.22. The van der Waals surface area contributed by atoms with Crippen molar-refractivity contribution < 1.29 is 18.5 Å². The first-order chi connectivity index (χ1) is 14.4. The second kappa shape index (κ2) is 7.99. The number of rotatable bonds is 4. The van der Waals surface area contributed by atoms with E-state index < -0.39 is 11.2 Å². The summed E-state index contributed by atoms with van der Waals surface area (Å²) in [5.41, 5.74) is 1.16. The van der Waals surface area contributed by atoms with Crippen LogP contribution >= 0.6 is 0 Å². The molecule has 30 heavy (non-hydrogen) atoms. The molecule has 9 nitrogen and oxygen atoms in total. The average molecular weight is 425 g/mol. The molecule has 3 aromatic rings. The number of phenolic OH excluding ortho intramolecular Hbond substituents is 1. The average Bonchev–Trinajstić information content (AvgIpc) is 3.29. The van der Waals surface area contributed by atoms with E-state index >= 15 is 0 Å². The zero-order chi connectivity index (χ0) is 21.3. The van der Waals surface area contributed by atoms with Gasteiger partial charge < -0.3 is 25.1 Å². The number of benzene rings is 2. The van der Waals surface area contributed by atoms with Crippen molar-refractivity contribution in [2.45, 2.75) is 6.54 Å². The number of amides is 1. The minimum absolute atomic E-state index is 0.137. The van der Waals surface area contributed by atoms with E-state index in [0.717, 1.165) is 11.0 Å². The van der Waals surface area contributed by atoms with Crippen molar-refractivity contribution in [1.29, 1.82) is 0 Å². The molecule has 0 aliphatic carbocycles. The summed E-state index contributed by atoms with van der Waals surface area (Å²) in [5.74, 6) is 0.558. The maximum atomic E-state index is 12.2. The Morgan fingerprint density at radius 2 is 1.90 bits per heavy atom. The maximum Gasteiger partial charge on any atom is 0.269 e. The number of nitrogens with zero attached hydrogens (tertiary/aromatic N) is 3. The number of furan rings is 1. The molecule has 10 heteroatoms. The monoisotopic (exact) mass is 425 g/mol. The van der Waals surface area contributed by atoms with Crippen LogP contribution in [0.2, 0.25) is 0 Å². The summed E-state index contributed by atoms with van der Waals surface area (Å²) in [4.78, 5) is 13.6. The Balaban J connectivity index is 1.51. The second-order valence-electron chi connectivity index (χ2n) is 6.74. The van der Waals surface area contributed by atoms with Crippen LogP contribution in [0.15, 0.2) is 61.7 Å². The summed E-state index contributed by atoms with van der Waals surface area (Å²) in [7, 11) is 3.19. The minimum Gasteiger partial charge on any atom is -0.505 e. The molecule has 1 aliphatic rings. The Morgan fingerprint density at radius 1 is 1.13 bits per heavy atom. The van der Waals surface area contributed by atoms with Crippen molar-refractivity contribution in [2.75, 3.05) is 19.4 Å². The molecule has 3 N–H and O–H groups in total. The molecular weight excluding hydrogens is 406 g/mol. The van der Waals surface area contributed by atoms with Gasteiger partial charge in [0.15, 0.2) is 17.4 Å². The summed E-state index contributed by atoms with van der Waals surface area (Å²) in [6.07, 6.45) is 0. The van der Waals surface area contributed by atoms with Gasteiger partial charge in [-0.15, -0.1) is 8.80 Å². The highest BCUT2D eigenvalue weighted by atomic mass is 32.2. The summed E-state index contributed by atoms with van der Waals surface area (Å²) >= 11 is -1.79. The molecule has 0 spiro atoms. The maximum absolute atomic E-state index is 12.2. The number of carbonyl (C=O) groups excluding carboxylic acids is 1. The number of aromatic hydroxyl groups is 1. The summed E-state index contributed by atoms with van der Waals surface area (Å²) < 4.78 is 25.5. The molecule has 4 rings (SSSR count). The molecule has 2 aromatic carbocycles. The normalized spacial score (nSPS) is 15.6. The Morgan fingerprint density at radius 3 is 2.67 bits per heavy atom. The topological polar surface area (TPSA) is 120 Å². The predicted molar refractivity (Wildman–Crippen MR) is 116 cm³/mol. The highest BCUT2D eigenvalue weighted by Crippen LogP contribution is 2.28. The zero-order valence-electron chi connectivity index (χ0n) is 16.2. The van der Waals surface area contributed by atoms with Gasteiger partial charge in [0.2, 0.25) is 0 Å². The van der Waals surface area contributed by atoms with Gasteiger partial charge in [-0.3, -0.25) is 4.79 Å². The van der Waals surface area contributed by atoms with Crippen LogP contribution in [0.1, 0.15) is 16.1 Å². The van der Waals surface area contributed by atoms with Crippen molar-refractivity contribution in [3.05, 3.63) is 59.9 Å². The first kappa shape index (κ1) is 19.6. The molecular formula is C20H19N5O4S. The van der Waals surface area contributed by atoms with Gasteiger partial charge >= 0.3 is 0 Å². The van der Waals surface area contributed by atoms with Gasteiger partial charge in [0.25, 0.3) is 17.1 Å². The number of phenols is 1. The van der Waals surface area contributed by atoms with Crippen LogP contribution in [0.25, 0.3) is 11.0 Å². The van der Waals surface area contributed by atoms with Crippen molar-refractivity contribution in [3.8, 4) is 5.75 Å². The summed E-state index contributed by atoms with van der Waals surface area (Å²) in [6, 6.07) is 14.3. The molecule has 2 heterocycles. The van der Waals surface area contributed by atoms with Crippen LogP contribution in [0.5, 0.6) is 5.75 Å². The Kier molecular flexibility index (Phi) is 5.23. The van der Waals surface area contributed by atoms with Crippen LogP contribution < -0.4 is 10.6 Å². The van der Waals surface area contributed by atoms with Gasteiger partial charge in [-0.2, -0.15) is 0 Å². The molecule has 0 bridgehead atoms. The van der Waals surface area contributed by atoms with Crippen molar-refractivity contribution in [3.63, 3.8) is 0 Å². The van der Waals surface area contributed by atoms with E-state index in [1.807, 2.05) is 30.3 Å². The van der Waals surface area contributed by atoms with E-state index in [9.17, 15) is 14.1 Å². The van der Waals surface area contributed by atoms with Gasteiger partial charge in [-0.25, -0.2) is 4.21 Å². The van der Waals surface area contributed by atoms with Crippen LogP contribution in [-0.2, 0) is 17.7 Å². The van der Waals surface area contributed by atoms with E-state index in [0.29, 0.717) is 12.3 Å². The van der Waals surface area contributed by atoms with Crippen LogP contribution in [-0.4, -0.2) is 45.9 Å². The van der Waals surface area contributed by atoms with Crippen molar-refractivity contribution >= 4 is 45.4 Å². The molecule has 1 aliphatic heterocycles. The summed E-state index contributed by atoms with van der Waals surface area (Å²) in [6.45, 7) is 0.302. The number of hydrogen-bond acceptors (Lipinski definition) is 6. The third-order valence-corrected chi connectivity index (χ3v) is 5.07. The minimum atomic E-state index is -1.79. The van der Waals surface area contributed by atoms with E-state index in [1.165, 1.54) is 11.0 Å². The SMILES string of the molecule is CN(C)C(=O)c1cccc(NC2=NS(=O)N=C2NCc2cc3ccccc3o2)c1O. The van der Waals surface area contributed by atoms with Crippen molar-refractivity contribution in [2.24, 2.45) is 8.80 Å². The largest absolute Gasteiger partial charge is 0.505 e. The molecule has 1 atom stereocenters. The Labute approximate surface area is 174 Å². The summed E-state index contributed by atoms with van der Waals surface area (Å²) in [5, 5.41) is 17.4. The Bertz CT molecular complexity index is 1180. The lowest BCUT2D eigenvalue weighted by atomic mass is 10.1. The second-order valence-corrected chi connectivity index (χ2v) is 7.57. The molecule has 0 saturated carbocycles. The third kappa shape index (κ3) is 3.90. The molecule has 1 unspecified atom stereocenters. The molecule has 0 saturated heterocycles. The standard InChI is InChI=1S/C20H19N5O4S/c1-25(2)20(27)14-7-5-8-15(17(14)26)22-19-18(23-30(28)24-19)21-11-13-10-12-6-3-4-9-16(12)29-13/h3-10,26H,11H2,1-2H3,(H,21,23)(H,22,24). The van der Waals surface area contributed by atoms with Crippen LogP contribution in [0.3, 0.4) is 0 Å². The first-order valence-electron chi connectivity index (χ1n) is 9.04.